The standard InChI is InChI=1S/C27H53NO2/c1-3-5-7-9-12-16-20-24-28-25-21-17-13-11-15-19-23-27(29)30-26-22-18-14-10-8-6-4-2/h18,22,28H,3-17,19-21,23-26H2,1-2H3/b22-18+. The Balaban J connectivity index is 3.17. The van der Waals surface area contributed by atoms with Crippen LogP contribution in [0.4, 0.5) is 0 Å². The first kappa shape index (κ1) is 29.2. The number of esters is 1. The number of carbonyl (C=O) groups is 1. The highest BCUT2D eigenvalue weighted by molar-refractivity contribution is 5.69. The van der Waals surface area contributed by atoms with Crippen LogP contribution in [0.5, 0.6) is 0 Å². The van der Waals surface area contributed by atoms with Gasteiger partial charge in [-0.2, -0.15) is 0 Å². The summed E-state index contributed by atoms with van der Waals surface area (Å²) in [5.41, 5.74) is 0. The van der Waals surface area contributed by atoms with Gasteiger partial charge in [0.25, 0.3) is 0 Å². The van der Waals surface area contributed by atoms with Gasteiger partial charge in [-0.3, -0.25) is 4.79 Å². The Morgan fingerprint density at radius 1 is 0.633 bits per heavy atom. The summed E-state index contributed by atoms with van der Waals surface area (Å²) in [6.07, 6.45) is 27.9. The molecule has 0 spiro atoms. The van der Waals surface area contributed by atoms with Gasteiger partial charge in [0.05, 0.1) is 0 Å². The van der Waals surface area contributed by atoms with E-state index in [-0.39, 0.29) is 5.97 Å². The Kier molecular flexibility index (Phi) is 25.5. The molecule has 0 aromatic carbocycles. The lowest BCUT2D eigenvalue weighted by atomic mass is 10.1. The van der Waals surface area contributed by atoms with Crippen molar-refractivity contribution in [2.45, 2.75) is 136 Å². The molecule has 0 aliphatic heterocycles. The molecule has 0 heterocycles. The molecule has 0 radical (unpaired) electrons. The predicted molar refractivity (Wildman–Crippen MR) is 132 cm³/mol. The number of unbranched alkanes of at least 4 members (excludes halogenated alkanes) is 15. The van der Waals surface area contributed by atoms with E-state index in [9.17, 15) is 4.79 Å². The molecule has 30 heavy (non-hydrogen) atoms. The van der Waals surface area contributed by atoms with Crippen LogP contribution in [0, 0.1) is 0 Å². The van der Waals surface area contributed by atoms with Gasteiger partial charge in [0.2, 0.25) is 0 Å². The number of hydrogen-bond acceptors (Lipinski definition) is 3. The lowest BCUT2D eigenvalue weighted by Crippen LogP contribution is -2.16. The minimum Gasteiger partial charge on any atom is -0.461 e. The predicted octanol–water partition coefficient (Wildman–Crippen LogP) is 8.13. The number of allylic oxidation sites excluding steroid dienone is 1. The summed E-state index contributed by atoms with van der Waals surface area (Å²) in [6, 6.07) is 0. The van der Waals surface area contributed by atoms with Crippen LogP contribution in [0.3, 0.4) is 0 Å². The minimum atomic E-state index is -0.0415. The van der Waals surface area contributed by atoms with Gasteiger partial charge >= 0.3 is 5.97 Å². The maximum atomic E-state index is 11.7. The van der Waals surface area contributed by atoms with Gasteiger partial charge in [-0.15, -0.1) is 0 Å². The van der Waals surface area contributed by atoms with Crippen molar-refractivity contribution in [1.82, 2.24) is 5.32 Å². The van der Waals surface area contributed by atoms with Crippen molar-refractivity contribution in [3.8, 4) is 0 Å². The third-order valence-corrected chi connectivity index (χ3v) is 5.67. The molecule has 1 N–H and O–H groups in total. The second-order valence-electron chi connectivity index (χ2n) is 8.75. The molecule has 0 atom stereocenters. The summed E-state index contributed by atoms with van der Waals surface area (Å²) in [5, 5.41) is 3.58. The number of carbonyl (C=O) groups excluding carboxylic acids is 1. The first-order valence-electron chi connectivity index (χ1n) is 13.3. The van der Waals surface area contributed by atoms with E-state index < -0.39 is 0 Å². The number of hydrogen-bond donors (Lipinski definition) is 1. The van der Waals surface area contributed by atoms with E-state index in [1.165, 1.54) is 103 Å². The third-order valence-electron chi connectivity index (χ3n) is 5.67. The fourth-order valence-electron chi connectivity index (χ4n) is 3.65. The Labute approximate surface area is 188 Å². The molecule has 0 rings (SSSR count). The number of rotatable bonds is 24. The molecular weight excluding hydrogens is 370 g/mol. The van der Waals surface area contributed by atoms with Crippen LogP contribution < -0.4 is 5.32 Å². The van der Waals surface area contributed by atoms with Crippen molar-refractivity contribution in [3.63, 3.8) is 0 Å². The van der Waals surface area contributed by atoms with Gasteiger partial charge in [-0.05, 0) is 45.2 Å². The highest BCUT2D eigenvalue weighted by Gasteiger charge is 2.01. The van der Waals surface area contributed by atoms with Gasteiger partial charge in [0.15, 0.2) is 0 Å². The van der Waals surface area contributed by atoms with E-state index in [0.717, 1.165) is 25.8 Å². The van der Waals surface area contributed by atoms with Crippen LogP contribution in [0.25, 0.3) is 0 Å². The molecule has 0 amide bonds. The van der Waals surface area contributed by atoms with Crippen molar-refractivity contribution in [1.29, 1.82) is 0 Å². The molecule has 0 aliphatic carbocycles. The van der Waals surface area contributed by atoms with Crippen LogP contribution >= 0.6 is 0 Å². The molecule has 0 bridgehead atoms. The monoisotopic (exact) mass is 423 g/mol. The zero-order valence-corrected chi connectivity index (χ0v) is 20.5. The molecule has 3 nitrogen and oxygen atoms in total. The van der Waals surface area contributed by atoms with Crippen LogP contribution in [0.1, 0.15) is 136 Å². The Morgan fingerprint density at radius 3 is 1.73 bits per heavy atom. The fraction of sp³-hybridized carbons (Fsp3) is 0.889. The van der Waals surface area contributed by atoms with Crippen molar-refractivity contribution in [2.75, 3.05) is 19.7 Å². The minimum absolute atomic E-state index is 0.0415. The van der Waals surface area contributed by atoms with E-state index in [1.807, 2.05) is 6.08 Å². The molecule has 0 fully saturated rings. The van der Waals surface area contributed by atoms with E-state index in [0.29, 0.717) is 13.0 Å². The lowest BCUT2D eigenvalue weighted by Gasteiger charge is -2.05. The Hall–Kier alpha value is -0.830. The molecule has 0 aromatic rings. The van der Waals surface area contributed by atoms with Crippen LogP contribution in [0.15, 0.2) is 12.2 Å². The average Bonchev–Trinajstić information content (AvgIpc) is 2.75. The second-order valence-corrected chi connectivity index (χ2v) is 8.75. The maximum Gasteiger partial charge on any atom is 0.306 e. The SMILES string of the molecule is CCCCCC/C=C/COC(=O)CCCCCCCCNCCCCCCCCC. The van der Waals surface area contributed by atoms with E-state index >= 15 is 0 Å². The van der Waals surface area contributed by atoms with E-state index in [2.05, 4.69) is 25.2 Å². The lowest BCUT2D eigenvalue weighted by molar-refractivity contribution is -0.142. The molecule has 0 unspecified atom stereocenters. The molecular formula is C27H53NO2. The van der Waals surface area contributed by atoms with Crippen molar-refractivity contribution in [3.05, 3.63) is 12.2 Å². The van der Waals surface area contributed by atoms with Gasteiger partial charge in [0.1, 0.15) is 6.61 Å². The van der Waals surface area contributed by atoms with Crippen LogP contribution in [0.2, 0.25) is 0 Å². The summed E-state index contributed by atoms with van der Waals surface area (Å²) < 4.78 is 5.26. The normalized spacial score (nSPS) is 11.4. The van der Waals surface area contributed by atoms with Gasteiger partial charge in [-0.1, -0.05) is 109 Å². The summed E-state index contributed by atoms with van der Waals surface area (Å²) in [4.78, 5) is 11.7. The van der Waals surface area contributed by atoms with Crippen LogP contribution in [-0.2, 0) is 9.53 Å². The summed E-state index contributed by atoms with van der Waals surface area (Å²) >= 11 is 0. The highest BCUT2D eigenvalue weighted by Crippen LogP contribution is 2.08. The molecule has 0 aliphatic rings. The Morgan fingerprint density at radius 2 is 1.13 bits per heavy atom. The van der Waals surface area contributed by atoms with Crippen LogP contribution in [-0.4, -0.2) is 25.7 Å². The third kappa shape index (κ3) is 25.2. The summed E-state index contributed by atoms with van der Waals surface area (Å²) in [7, 11) is 0. The molecule has 178 valence electrons. The highest BCUT2D eigenvalue weighted by atomic mass is 16.5. The van der Waals surface area contributed by atoms with E-state index in [1.54, 1.807) is 0 Å². The molecule has 0 saturated heterocycles. The molecule has 3 heteroatoms. The molecule has 0 aromatic heterocycles. The summed E-state index contributed by atoms with van der Waals surface area (Å²) in [6.45, 7) is 7.29. The topological polar surface area (TPSA) is 38.3 Å². The maximum absolute atomic E-state index is 11.7. The number of nitrogens with one attached hydrogen (secondary N) is 1. The van der Waals surface area contributed by atoms with E-state index in [4.69, 9.17) is 4.74 Å². The fourth-order valence-corrected chi connectivity index (χ4v) is 3.65. The molecule has 0 saturated carbocycles. The van der Waals surface area contributed by atoms with Gasteiger partial charge < -0.3 is 10.1 Å². The Bertz CT molecular complexity index is 368. The van der Waals surface area contributed by atoms with Crippen molar-refractivity contribution >= 4 is 5.97 Å². The quantitative estimate of drug-likeness (QED) is 0.0967. The van der Waals surface area contributed by atoms with Gasteiger partial charge in [-0.25, -0.2) is 0 Å². The zero-order valence-electron chi connectivity index (χ0n) is 20.5. The van der Waals surface area contributed by atoms with Crippen molar-refractivity contribution < 1.29 is 9.53 Å². The van der Waals surface area contributed by atoms with Crippen molar-refractivity contribution in [2.24, 2.45) is 0 Å². The van der Waals surface area contributed by atoms with Gasteiger partial charge in [0, 0.05) is 6.42 Å². The first-order valence-corrected chi connectivity index (χ1v) is 13.3. The average molecular weight is 424 g/mol. The largest absolute Gasteiger partial charge is 0.461 e. The summed E-state index contributed by atoms with van der Waals surface area (Å²) in [5.74, 6) is -0.0415. The zero-order chi connectivity index (χ0) is 22.0. The smallest absolute Gasteiger partial charge is 0.306 e. The first-order chi connectivity index (χ1) is 14.8. The number of ether oxygens (including phenoxy) is 1. The second kappa shape index (κ2) is 26.2.